The van der Waals surface area contributed by atoms with E-state index in [4.69, 9.17) is 9.84 Å². The molecular weight excluding hydrogens is 472 g/mol. The van der Waals surface area contributed by atoms with Crippen LogP contribution in [0.4, 0.5) is 0 Å². The number of aliphatic carboxylic acids is 1. The molecule has 0 aliphatic heterocycles. The number of ether oxygens (including phenoxy) is 1. The van der Waals surface area contributed by atoms with Gasteiger partial charge in [0.2, 0.25) is 0 Å². The Balaban J connectivity index is 3.83. The lowest BCUT2D eigenvalue weighted by molar-refractivity contribution is -0.147. The van der Waals surface area contributed by atoms with E-state index in [9.17, 15) is 9.59 Å². The van der Waals surface area contributed by atoms with Crippen LogP contribution in [0.25, 0.3) is 0 Å². The van der Waals surface area contributed by atoms with E-state index in [0.717, 1.165) is 70.6 Å². The van der Waals surface area contributed by atoms with Crippen LogP contribution in [0, 0.1) is 0 Å². The van der Waals surface area contributed by atoms with E-state index in [0.29, 0.717) is 6.42 Å². The molecule has 0 aliphatic carbocycles. The van der Waals surface area contributed by atoms with Gasteiger partial charge in [-0.2, -0.15) is 0 Å². The summed E-state index contributed by atoms with van der Waals surface area (Å²) in [6, 6.07) is 0. The molecule has 0 amide bonds. The average Bonchev–Trinajstić information content (AvgIpc) is 2.90. The topological polar surface area (TPSA) is 63.6 Å². The number of unbranched alkanes of at least 4 members (excludes halogenated alkanes) is 15. The van der Waals surface area contributed by atoms with Gasteiger partial charge in [-0.05, 0) is 70.3 Å². The van der Waals surface area contributed by atoms with E-state index in [-0.39, 0.29) is 18.5 Å². The van der Waals surface area contributed by atoms with E-state index < -0.39 is 5.97 Å². The predicted molar refractivity (Wildman–Crippen MR) is 162 cm³/mol. The molecule has 0 fully saturated rings. The second-order valence-electron chi connectivity index (χ2n) is 10.6. The predicted octanol–water partition coefficient (Wildman–Crippen LogP) is 10.7. The van der Waals surface area contributed by atoms with E-state index in [2.05, 4.69) is 50.3 Å². The molecule has 0 radical (unpaired) electrons. The molecule has 1 atom stereocenters. The zero-order valence-electron chi connectivity index (χ0n) is 25.0. The second-order valence-corrected chi connectivity index (χ2v) is 10.6. The lowest BCUT2D eigenvalue weighted by atomic mass is 10.1. The second kappa shape index (κ2) is 29.7. The SMILES string of the molecule is CCCC/C=C\C(CCCCCCC(=O)O)OC(=O)CCCCCCCCC/C=C\C/C=C\CCCCC. The molecule has 0 bridgehead atoms. The molecule has 0 aliphatic rings. The molecule has 0 aromatic rings. The Morgan fingerprint density at radius 2 is 1.13 bits per heavy atom. The van der Waals surface area contributed by atoms with E-state index in [1.165, 1.54) is 64.2 Å². The fourth-order valence-electron chi connectivity index (χ4n) is 4.40. The minimum atomic E-state index is -0.726. The molecule has 4 nitrogen and oxygen atoms in total. The molecule has 38 heavy (non-hydrogen) atoms. The van der Waals surface area contributed by atoms with Crippen molar-refractivity contribution in [1.29, 1.82) is 0 Å². The number of hydrogen-bond donors (Lipinski definition) is 1. The van der Waals surface area contributed by atoms with Crippen LogP contribution in [0.2, 0.25) is 0 Å². The maximum absolute atomic E-state index is 12.4. The summed E-state index contributed by atoms with van der Waals surface area (Å²) in [7, 11) is 0. The summed E-state index contributed by atoms with van der Waals surface area (Å²) < 4.78 is 5.77. The van der Waals surface area contributed by atoms with Gasteiger partial charge < -0.3 is 9.84 Å². The van der Waals surface area contributed by atoms with Crippen molar-refractivity contribution in [2.45, 2.75) is 168 Å². The number of carboxylic acid groups (broad SMARTS) is 1. The third-order valence-corrected chi connectivity index (χ3v) is 6.82. The van der Waals surface area contributed by atoms with Crippen LogP contribution in [-0.2, 0) is 14.3 Å². The van der Waals surface area contributed by atoms with Crippen LogP contribution < -0.4 is 0 Å². The lowest BCUT2D eigenvalue weighted by Crippen LogP contribution is -2.16. The summed E-state index contributed by atoms with van der Waals surface area (Å²) in [5, 5.41) is 8.74. The van der Waals surface area contributed by atoms with Crippen molar-refractivity contribution in [3.05, 3.63) is 36.5 Å². The number of carbonyl (C=O) groups excluding carboxylic acids is 1. The highest BCUT2D eigenvalue weighted by atomic mass is 16.5. The van der Waals surface area contributed by atoms with Gasteiger partial charge in [0.15, 0.2) is 0 Å². The van der Waals surface area contributed by atoms with Crippen LogP contribution in [0.5, 0.6) is 0 Å². The summed E-state index contributed by atoms with van der Waals surface area (Å²) in [5.74, 6) is -0.806. The van der Waals surface area contributed by atoms with Gasteiger partial charge in [-0.15, -0.1) is 0 Å². The molecule has 0 spiro atoms. The van der Waals surface area contributed by atoms with Crippen molar-refractivity contribution in [1.82, 2.24) is 0 Å². The Hall–Kier alpha value is -1.84. The van der Waals surface area contributed by atoms with E-state index in [1.807, 2.05) is 0 Å². The first-order valence-electron chi connectivity index (χ1n) is 16.0. The molecule has 1 N–H and O–H groups in total. The van der Waals surface area contributed by atoms with Crippen molar-refractivity contribution in [3.8, 4) is 0 Å². The van der Waals surface area contributed by atoms with Gasteiger partial charge in [0, 0.05) is 12.8 Å². The van der Waals surface area contributed by atoms with Crippen LogP contribution in [0.15, 0.2) is 36.5 Å². The molecule has 0 rings (SSSR count). The summed E-state index contributed by atoms with van der Waals surface area (Å²) >= 11 is 0. The standard InChI is InChI=1S/C34H60O4/c1-3-5-7-9-10-11-12-13-14-15-16-17-18-19-20-21-27-31-34(37)38-32(28-24-8-6-4-2)29-25-22-23-26-30-33(35)36/h10-11,13-14,24,28,32H,3-9,12,15-23,25-27,29-31H2,1-2H3,(H,35,36)/b11-10-,14-13-,28-24-. The van der Waals surface area contributed by atoms with Crippen molar-refractivity contribution in [3.63, 3.8) is 0 Å². The molecule has 0 saturated carbocycles. The van der Waals surface area contributed by atoms with Crippen molar-refractivity contribution in [2.24, 2.45) is 0 Å². The largest absolute Gasteiger partial charge is 0.481 e. The molecule has 0 aromatic carbocycles. The molecule has 0 saturated heterocycles. The molecule has 1 unspecified atom stereocenters. The van der Waals surface area contributed by atoms with Crippen LogP contribution in [0.3, 0.4) is 0 Å². The van der Waals surface area contributed by atoms with Gasteiger partial charge in [0.05, 0.1) is 0 Å². The zero-order valence-corrected chi connectivity index (χ0v) is 25.0. The van der Waals surface area contributed by atoms with E-state index >= 15 is 0 Å². The van der Waals surface area contributed by atoms with Gasteiger partial charge in [-0.1, -0.05) is 115 Å². The Morgan fingerprint density at radius 1 is 0.605 bits per heavy atom. The summed E-state index contributed by atoms with van der Waals surface area (Å²) in [6.07, 6.45) is 37.5. The first kappa shape index (κ1) is 36.2. The summed E-state index contributed by atoms with van der Waals surface area (Å²) in [6.45, 7) is 4.42. The van der Waals surface area contributed by atoms with E-state index in [1.54, 1.807) is 0 Å². The molecule has 0 aromatic heterocycles. The number of esters is 1. The molecule has 220 valence electrons. The Kier molecular flexibility index (Phi) is 28.3. The molecular formula is C34H60O4. The molecule has 4 heteroatoms. The minimum absolute atomic E-state index is 0.0800. The maximum atomic E-state index is 12.4. The lowest BCUT2D eigenvalue weighted by Gasteiger charge is -2.15. The van der Waals surface area contributed by atoms with Gasteiger partial charge >= 0.3 is 11.9 Å². The van der Waals surface area contributed by atoms with Crippen molar-refractivity contribution < 1.29 is 19.4 Å². The van der Waals surface area contributed by atoms with Crippen LogP contribution >= 0.6 is 0 Å². The summed E-state index contributed by atoms with van der Waals surface area (Å²) in [5.41, 5.74) is 0. The first-order valence-corrected chi connectivity index (χ1v) is 16.0. The number of rotatable bonds is 28. The quantitative estimate of drug-likeness (QED) is 0.0618. The van der Waals surface area contributed by atoms with Gasteiger partial charge in [-0.3, -0.25) is 9.59 Å². The van der Waals surface area contributed by atoms with Crippen molar-refractivity contribution in [2.75, 3.05) is 0 Å². The number of hydrogen-bond acceptors (Lipinski definition) is 3. The van der Waals surface area contributed by atoms with Gasteiger partial charge in [-0.25, -0.2) is 0 Å². The Bertz CT molecular complexity index is 620. The smallest absolute Gasteiger partial charge is 0.306 e. The monoisotopic (exact) mass is 532 g/mol. The van der Waals surface area contributed by atoms with Crippen molar-refractivity contribution >= 4 is 11.9 Å². The highest BCUT2D eigenvalue weighted by molar-refractivity contribution is 5.69. The zero-order chi connectivity index (χ0) is 27.9. The minimum Gasteiger partial charge on any atom is -0.481 e. The van der Waals surface area contributed by atoms with Gasteiger partial charge in [0.1, 0.15) is 6.10 Å². The fourth-order valence-corrected chi connectivity index (χ4v) is 4.40. The summed E-state index contributed by atoms with van der Waals surface area (Å²) in [4.78, 5) is 23.0. The normalized spacial score (nSPS) is 12.7. The third-order valence-electron chi connectivity index (χ3n) is 6.82. The highest BCUT2D eigenvalue weighted by Gasteiger charge is 2.11. The van der Waals surface area contributed by atoms with Crippen LogP contribution in [-0.4, -0.2) is 23.1 Å². The molecule has 0 heterocycles. The van der Waals surface area contributed by atoms with Crippen LogP contribution in [0.1, 0.15) is 162 Å². The maximum Gasteiger partial charge on any atom is 0.306 e. The average molecular weight is 533 g/mol. The number of carboxylic acids is 1. The Labute approximate surface area is 235 Å². The first-order chi connectivity index (χ1) is 18.6. The van der Waals surface area contributed by atoms with Gasteiger partial charge in [0.25, 0.3) is 0 Å². The Morgan fingerprint density at radius 3 is 1.76 bits per heavy atom. The number of carbonyl (C=O) groups is 2. The fraction of sp³-hybridized carbons (Fsp3) is 0.765. The third kappa shape index (κ3) is 28.7. The number of allylic oxidation sites excluding steroid dienone is 5. The highest BCUT2D eigenvalue weighted by Crippen LogP contribution is 2.15.